The number of hydrogen-bond donors (Lipinski definition) is 0. The van der Waals surface area contributed by atoms with E-state index in [1.807, 2.05) is 0 Å². The number of ketones is 1. The fraction of sp³-hybridized carbons (Fsp3) is 0. The van der Waals surface area contributed by atoms with Gasteiger partial charge in [0, 0.05) is 12.1 Å². The van der Waals surface area contributed by atoms with Crippen LogP contribution < -0.4 is 0 Å². The molecule has 0 aromatic heterocycles. The first-order valence-corrected chi connectivity index (χ1v) is 6.82. The van der Waals surface area contributed by atoms with E-state index in [1.165, 1.54) is 42.5 Å². The van der Waals surface area contributed by atoms with E-state index in [0.717, 1.165) is 6.07 Å². The van der Waals surface area contributed by atoms with Crippen molar-refractivity contribution in [2.45, 2.75) is 4.90 Å². The van der Waals surface area contributed by atoms with Crippen LogP contribution in [-0.4, -0.2) is 24.8 Å². The lowest BCUT2D eigenvalue weighted by Crippen LogP contribution is -2.05. The first-order chi connectivity index (χ1) is 9.38. The molecule has 0 amide bonds. The van der Waals surface area contributed by atoms with Crippen molar-refractivity contribution >= 4 is 27.2 Å². The van der Waals surface area contributed by atoms with Crippen molar-refractivity contribution in [3.8, 4) is 0 Å². The lowest BCUT2D eigenvalue weighted by molar-refractivity contribution is -0.385. The minimum absolute atomic E-state index is 0.0797. The molecule has 0 bridgehead atoms. The molecule has 0 atom stereocenters. The summed E-state index contributed by atoms with van der Waals surface area (Å²) >= 11 is 0. The van der Waals surface area contributed by atoms with E-state index in [2.05, 4.69) is 4.40 Å². The summed E-state index contributed by atoms with van der Waals surface area (Å²) in [6.45, 7) is 0. The van der Waals surface area contributed by atoms with Crippen molar-refractivity contribution in [1.29, 1.82) is 0 Å². The van der Waals surface area contributed by atoms with E-state index in [-0.39, 0.29) is 22.1 Å². The molecule has 1 aromatic rings. The third-order valence-corrected chi connectivity index (χ3v) is 3.69. The van der Waals surface area contributed by atoms with Crippen LogP contribution in [-0.2, 0) is 14.8 Å². The van der Waals surface area contributed by atoms with Crippen molar-refractivity contribution in [2.75, 3.05) is 0 Å². The standard InChI is InChI=1S/C12H8N2O5S/c15-11-6-4-9(5-7-11)13-20(18,19)12-3-1-2-10(8-12)14(16)17/h1-8H. The quantitative estimate of drug-likeness (QED) is 0.475. The van der Waals surface area contributed by atoms with Gasteiger partial charge < -0.3 is 0 Å². The van der Waals surface area contributed by atoms with Gasteiger partial charge in [-0.15, -0.1) is 0 Å². The number of nitro groups is 1. The predicted molar refractivity (Wildman–Crippen MR) is 71.0 cm³/mol. The van der Waals surface area contributed by atoms with Crippen molar-refractivity contribution in [2.24, 2.45) is 4.40 Å². The molecule has 0 aliphatic heterocycles. The highest BCUT2D eigenvalue weighted by molar-refractivity contribution is 7.90. The van der Waals surface area contributed by atoms with E-state index in [4.69, 9.17) is 0 Å². The molecule has 1 aliphatic rings. The van der Waals surface area contributed by atoms with E-state index >= 15 is 0 Å². The van der Waals surface area contributed by atoms with E-state index in [0.29, 0.717) is 0 Å². The maximum atomic E-state index is 12.0. The normalized spacial score (nSPS) is 14.4. The van der Waals surface area contributed by atoms with Gasteiger partial charge in [-0.1, -0.05) is 6.07 Å². The highest BCUT2D eigenvalue weighted by atomic mass is 32.2. The summed E-state index contributed by atoms with van der Waals surface area (Å²) in [5.74, 6) is -0.267. The van der Waals surface area contributed by atoms with Crippen LogP contribution in [0.25, 0.3) is 0 Å². The van der Waals surface area contributed by atoms with Crippen LogP contribution in [0.4, 0.5) is 5.69 Å². The fourth-order valence-corrected chi connectivity index (χ4v) is 2.48. The summed E-state index contributed by atoms with van der Waals surface area (Å²) in [5.41, 5.74) is -0.257. The van der Waals surface area contributed by atoms with Gasteiger partial charge in [0.05, 0.1) is 15.5 Å². The van der Waals surface area contributed by atoms with Gasteiger partial charge in [-0.05, 0) is 30.4 Å². The molecule has 20 heavy (non-hydrogen) atoms. The second-order valence-electron chi connectivity index (χ2n) is 3.81. The Morgan fingerprint density at radius 3 is 2.35 bits per heavy atom. The van der Waals surface area contributed by atoms with Gasteiger partial charge in [0.25, 0.3) is 15.7 Å². The second kappa shape index (κ2) is 5.17. The van der Waals surface area contributed by atoms with Crippen LogP contribution in [0.1, 0.15) is 0 Å². The summed E-state index contributed by atoms with van der Waals surface area (Å²) < 4.78 is 27.5. The first-order valence-electron chi connectivity index (χ1n) is 5.38. The van der Waals surface area contributed by atoms with Gasteiger partial charge in [-0.3, -0.25) is 14.9 Å². The first kappa shape index (κ1) is 13.8. The number of carbonyl (C=O) groups is 1. The number of carbonyl (C=O) groups excluding carboxylic acids is 1. The lowest BCUT2D eigenvalue weighted by atomic mass is 10.2. The van der Waals surface area contributed by atoms with Gasteiger partial charge >= 0.3 is 0 Å². The third-order valence-electron chi connectivity index (χ3n) is 2.39. The maximum Gasteiger partial charge on any atom is 0.283 e. The highest BCUT2D eigenvalue weighted by Gasteiger charge is 2.17. The molecule has 0 saturated heterocycles. The Balaban J connectivity index is 2.41. The topological polar surface area (TPSA) is 107 Å². The molecular weight excluding hydrogens is 284 g/mol. The monoisotopic (exact) mass is 292 g/mol. The van der Waals surface area contributed by atoms with Crippen molar-refractivity contribution in [3.63, 3.8) is 0 Å². The Morgan fingerprint density at radius 1 is 1.10 bits per heavy atom. The molecule has 0 unspecified atom stereocenters. The molecule has 0 fully saturated rings. The molecule has 0 spiro atoms. The summed E-state index contributed by atoms with van der Waals surface area (Å²) in [6.07, 6.45) is 4.89. The second-order valence-corrected chi connectivity index (χ2v) is 5.42. The van der Waals surface area contributed by atoms with Crippen LogP contribution in [0.3, 0.4) is 0 Å². The summed E-state index contributed by atoms with van der Waals surface area (Å²) in [7, 11) is -4.06. The zero-order chi connectivity index (χ0) is 14.8. The van der Waals surface area contributed by atoms with Crippen LogP contribution in [0.2, 0.25) is 0 Å². The Bertz CT molecular complexity index is 757. The molecule has 1 aliphatic carbocycles. The summed E-state index contributed by atoms with van der Waals surface area (Å²) in [6, 6.07) is 4.60. The van der Waals surface area contributed by atoms with Gasteiger partial charge in [0.1, 0.15) is 0 Å². The van der Waals surface area contributed by atoms with E-state index in [1.54, 1.807) is 0 Å². The van der Waals surface area contributed by atoms with E-state index in [9.17, 15) is 23.3 Å². The van der Waals surface area contributed by atoms with Gasteiger partial charge in [0.2, 0.25) is 0 Å². The molecule has 0 N–H and O–H groups in total. The lowest BCUT2D eigenvalue weighted by Gasteiger charge is -2.01. The summed E-state index contributed by atoms with van der Waals surface area (Å²) in [4.78, 5) is 20.6. The minimum Gasteiger partial charge on any atom is -0.290 e. The Labute approximate surface area is 114 Å². The molecule has 2 rings (SSSR count). The molecular formula is C12H8N2O5S. The fourth-order valence-electron chi connectivity index (χ4n) is 1.46. The molecule has 0 saturated carbocycles. The molecule has 0 heterocycles. The number of rotatable bonds is 3. The smallest absolute Gasteiger partial charge is 0.283 e. The van der Waals surface area contributed by atoms with Crippen LogP contribution in [0, 0.1) is 10.1 Å². The van der Waals surface area contributed by atoms with E-state index < -0.39 is 14.9 Å². The Hall–Kier alpha value is -2.61. The van der Waals surface area contributed by atoms with Crippen molar-refractivity contribution in [3.05, 3.63) is 58.7 Å². The van der Waals surface area contributed by atoms with Crippen molar-refractivity contribution in [1.82, 2.24) is 0 Å². The largest absolute Gasteiger partial charge is 0.290 e. The van der Waals surface area contributed by atoms with Gasteiger partial charge in [0.15, 0.2) is 5.78 Å². The highest BCUT2D eigenvalue weighted by Crippen LogP contribution is 2.19. The van der Waals surface area contributed by atoms with Crippen molar-refractivity contribution < 1.29 is 18.1 Å². The Kier molecular flexibility index (Phi) is 3.57. The van der Waals surface area contributed by atoms with Crippen LogP contribution >= 0.6 is 0 Å². The summed E-state index contributed by atoms with van der Waals surface area (Å²) in [5, 5.41) is 10.6. The number of nitrogens with zero attached hydrogens (tertiary/aromatic N) is 2. The van der Waals surface area contributed by atoms with Crippen LogP contribution in [0.15, 0.2) is 57.9 Å². The number of non-ortho nitro benzene ring substituents is 1. The molecule has 0 radical (unpaired) electrons. The van der Waals surface area contributed by atoms with Crippen LogP contribution in [0.5, 0.6) is 0 Å². The number of allylic oxidation sites excluding steroid dienone is 4. The number of benzene rings is 1. The zero-order valence-corrected chi connectivity index (χ0v) is 10.8. The van der Waals surface area contributed by atoms with Gasteiger partial charge in [-0.2, -0.15) is 12.8 Å². The predicted octanol–water partition coefficient (Wildman–Crippen LogP) is 1.42. The maximum absolute atomic E-state index is 12.0. The molecule has 1 aromatic carbocycles. The zero-order valence-electron chi connectivity index (χ0n) is 9.96. The third kappa shape index (κ3) is 3.04. The molecule has 8 heteroatoms. The Morgan fingerprint density at radius 2 is 1.75 bits per heavy atom. The average molecular weight is 292 g/mol. The van der Waals surface area contributed by atoms with Gasteiger partial charge in [-0.25, -0.2) is 0 Å². The molecule has 102 valence electrons. The number of nitro benzene ring substituents is 1. The molecule has 7 nitrogen and oxygen atoms in total. The minimum atomic E-state index is -4.06. The SMILES string of the molecule is O=C1C=CC(=NS(=O)(=O)c2cccc([N+](=O)[O-])c2)C=C1. The average Bonchev–Trinajstić information content (AvgIpc) is 2.41. The number of sulfonamides is 1. The number of hydrogen-bond acceptors (Lipinski definition) is 5.